The van der Waals surface area contributed by atoms with Gasteiger partial charge in [-0.2, -0.15) is 17.0 Å². The van der Waals surface area contributed by atoms with Crippen molar-refractivity contribution in [3.05, 3.63) is 0 Å². The third-order valence-corrected chi connectivity index (χ3v) is 6.31. The minimum Gasteiger partial charge on any atom is -0.195 e. The molecule has 0 N–H and O–H groups in total. The zero-order chi connectivity index (χ0) is 14.0. The van der Waals surface area contributed by atoms with Crippen molar-refractivity contribution in [2.24, 2.45) is 5.92 Å². The molecule has 0 aromatic rings. The molecule has 2 fully saturated rings. The Hall–Kier alpha value is -0.130. The lowest BCUT2D eigenvalue weighted by atomic mass is 9.96. The van der Waals surface area contributed by atoms with Crippen molar-refractivity contribution in [2.45, 2.75) is 70.9 Å². The predicted molar refractivity (Wildman–Crippen MR) is 78.1 cm³/mol. The Morgan fingerprint density at radius 3 is 2.05 bits per heavy atom. The predicted octanol–water partition coefficient (Wildman–Crippen LogP) is 2.62. The van der Waals surface area contributed by atoms with Gasteiger partial charge in [-0.1, -0.05) is 33.1 Å². The van der Waals surface area contributed by atoms with Gasteiger partial charge in [0.05, 0.1) is 0 Å². The van der Waals surface area contributed by atoms with E-state index in [4.69, 9.17) is 0 Å². The Morgan fingerprint density at radius 1 is 1.00 bits per heavy atom. The van der Waals surface area contributed by atoms with Crippen LogP contribution in [0.4, 0.5) is 0 Å². The molecule has 2 saturated carbocycles. The highest BCUT2D eigenvalue weighted by molar-refractivity contribution is 7.86. The van der Waals surface area contributed by atoms with Crippen molar-refractivity contribution < 1.29 is 8.42 Å². The van der Waals surface area contributed by atoms with Gasteiger partial charge in [0.2, 0.25) is 0 Å². The first kappa shape index (κ1) is 15.3. The SMILES string of the molecule is CC(C)CN(C1CC1)S(=O)(=O)N(C)C1CCCCC1. The van der Waals surface area contributed by atoms with Crippen LogP contribution < -0.4 is 0 Å². The van der Waals surface area contributed by atoms with Crippen LogP contribution in [-0.2, 0) is 10.2 Å². The Bertz CT molecular complexity index is 384. The Labute approximate surface area is 118 Å². The van der Waals surface area contributed by atoms with Crippen LogP contribution in [0.5, 0.6) is 0 Å². The van der Waals surface area contributed by atoms with Crippen molar-refractivity contribution in [3.8, 4) is 0 Å². The number of hydrogen-bond donors (Lipinski definition) is 0. The lowest BCUT2D eigenvalue weighted by Crippen LogP contribution is -2.49. The molecule has 5 heteroatoms. The van der Waals surface area contributed by atoms with Crippen LogP contribution in [0.3, 0.4) is 0 Å². The van der Waals surface area contributed by atoms with Gasteiger partial charge in [0.25, 0.3) is 10.2 Å². The molecule has 2 aliphatic carbocycles. The van der Waals surface area contributed by atoms with Crippen molar-refractivity contribution in [2.75, 3.05) is 13.6 Å². The van der Waals surface area contributed by atoms with E-state index in [1.54, 1.807) is 15.7 Å². The largest absolute Gasteiger partial charge is 0.282 e. The van der Waals surface area contributed by atoms with Gasteiger partial charge in [-0.25, -0.2) is 0 Å². The molecule has 4 nitrogen and oxygen atoms in total. The summed E-state index contributed by atoms with van der Waals surface area (Å²) in [5.41, 5.74) is 0. The molecule has 0 unspecified atom stereocenters. The topological polar surface area (TPSA) is 40.6 Å². The Morgan fingerprint density at radius 2 is 1.58 bits per heavy atom. The molecule has 2 rings (SSSR count). The molecule has 112 valence electrons. The first-order valence-electron chi connectivity index (χ1n) is 7.67. The smallest absolute Gasteiger partial charge is 0.195 e. The monoisotopic (exact) mass is 288 g/mol. The zero-order valence-corrected chi connectivity index (χ0v) is 13.3. The molecule has 0 aromatic carbocycles. The summed E-state index contributed by atoms with van der Waals surface area (Å²) in [5, 5.41) is 0. The van der Waals surface area contributed by atoms with Crippen molar-refractivity contribution in [1.29, 1.82) is 0 Å². The van der Waals surface area contributed by atoms with Gasteiger partial charge in [0.1, 0.15) is 0 Å². The van der Waals surface area contributed by atoms with Gasteiger partial charge < -0.3 is 0 Å². The standard InChI is InChI=1S/C14H28N2O2S/c1-12(2)11-16(14-9-10-14)19(17,18)15(3)13-7-5-4-6-8-13/h12-14H,4-11H2,1-3H3. The molecule has 2 aliphatic rings. The summed E-state index contributed by atoms with van der Waals surface area (Å²) >= 11 is 0. The maximum Gasteiger partial charge on any atom is 0.282 e. The fraction of sp³-hybridized carbons (Fsp3) is 1.00. The minimum absolute atomic E-state index is 0.215. The van der Waals surface area contributed by atoms with E-state index in [9.17, 15) is 8.42 Å². The van der Waals surface area contributed by atoms with Crippen molar-refractivity contribution in [3.63, 3.8) is 0 Å². The zero-order valence-electron chi connectivity index (χ0n) is 12.5. The highest BCUT2D eigenvalue weighted by Crippen LogP contribution is 2.33. The highest BCUT2D eigenvalue weighted by atomic mass is 32.2. The van der Waals surface area contributed by atoms with E-state index in [0.29, 0.717) is 12.5 Å². The molecule has 0 amide bonds. The first-order chi connectivity index (χ1) is 8.93. The summed E-state index contributed by atoms with van der Waals surface area (Å²) in [6, 6.07) is 0.477. The average Bonchev–Trinajstić information content (AvgIpc) is 3.20. The van der Waals surface area contributed by atoms with Crippen molar-refractivity contribution >= 4 is 10.2 Å². The fourth-order valence-electron chi connectivity index (χ4n) is 2.95. The molecule has 0 heterocycles. The van der Waals surface area contributed by atoms with Gasteiger partial charge in [-0.3, -0.25) is 0 Å². The second kappa shape index (κ2) is 6.10. The van der Waals surface area contributed by atoms with Crippen LogP contribution in [0.15, 0.2) is 0 Å². The molecule has 0 atom stereocenters. The average molecular weight is 288 g/mol. The Kier molecular flexibility index (Phi) is 4.90. The van der Waals surface area contributed by atoms with E-state index in [2.05, 4.69) is 13.8 Å². The molecule has 0 saturated heterocycles. The molecular weight excluding hydrogens is 260 g/mol. The molecule has 0 radical (unpaired) electrons. The highest BCUT2D eigenvalue weighted by Gasteiger charge is 2.41. The summed E-state index contributed by atoms with van der Waals surface area (Å²) in [4.78, 5) is 0. The lowest BCUT2D eigenvalue weighted by molar-refractivity contribution is 0.254. The van der Waals surface area contributed by atoms with E-state index in [-0.39, 0.29) is 12.1 Å². The first-order valence-corrected chi connectivity index (χ1v) is 9.07. The minimum atomic E-state index is -3.27. The van der Waals surface area contributed by atoms with Crippen molar-refractivity contribution in [1.82, 2.24) is 8.61 Å². The number of hydrogen-bond acceptors (Lipinski definition) is 2. The maximum absolute atomic E-state index is 12.8. The number of nitrogens with zero attached hydrogens (tertiary/aromatic N) is 2. The van der Waals surface area contributed by atoms with Gasteiger partial charge in [0, 0.05) is 25.7 Å². The summed E-state index contributed by atoms with van der Waals surface area (Å²) in [6.07, 6.45) is 7.69. The lowest BCUT2D eigenvalue weighted by Gasteiger charge is -2.35. The van der Waals surface area contributed by atoms with E-state index in [1.165, 1.54) is 6.42 Å². The van der Waals surface area contributed by atoms with E-state index >= 15 is 0 Å². The van der Waals surface area contributed by atoms with Crippen LogP contribution >= 0.6 is 0 Å². The molecule has 19 heavy (non-hydrogen) atoms. The molecular formula is C14H28N2O2S. The van der Waals surface area contributed by atoms with Gasteiger partial charge >= 0.3 is 0 Å². The molecule has 0 spiro atoms. The van der Waals surface area contributed by atoms with Gasteiger partial charge in [-0.15, -0.1) is 0 Å². The summed E-state index contributed by atoms with van der Waals surface area (Å²) < 4.78 is 29.0. The fourth-order valence-corrected chi connectivity index (χ4v) is 4.95. The Balaban J connectivity index is 2.09. The second-order valence-corrected chi connectivity index (χ2v) is 8.45. The van der Waals surface area contributed by atoms with Crippen LogP contribution in [0.2, 0.25) is 0 Å². The van der Waals surface area contributed by atoms with E-state index in [1.807, 2.05) is 0 Å². The number of rotatable bonds is 6. The van der Waals surface area contributed by atoms with Crippen LogP contribution in [-0.4, -0.2) is 42.7 Å². The van der Waals surface area contributed by atoms with Gasteiger partial charge in [0.15, 0.2) is 0 Å². The van der Waals surface area contributed by atoms with Gasteiger partial charge in [-0.05, 0) is 31.6 Å². The third-order valence-electron chi connectivity index (χ3n) is 4.25. The third kappa shape index (κ3) is 3.70. The normalized spacial score (nSPS) is 22.6. The van der Waals surface area contributed by atoms with Crippen LogP contribution in [0.1, 0.15) is 58.8 Å². The quantitative estimate of drug-likeness (QED) is 0.754. The van der Waals surface area contributed by atoms with Crippen LogP contribution in [0.25, 0.3) is 0 Å². The van der Waals surface area contributed by atoms with E-state index in [0.717, 1.165) is 38.5 Å². The second-order valence-electron chi connectivity index (χ2n) is 6.51. The maximum atomic E-state index is 12.8. The van der Waals surface area contributed by atoms with Crippen LogP contribution in [0, 0.1) is 5.92 Å². The summed E-state index contributed by atoms with van der Waals surface area (Å²) in [6.45, 7) is 4.83. The van der Waals surface area contributed by atoms with E-state index < -0.39 is 10.2 Å². The molecule has 0 aliphatic heterocycles. The summed E-state index contributed by atoms with van der Waals surface area (Å²) in [7, 11) is -1.49. The molecule has 0 bridgehead atoms. The molecule has 0 aromatic heterocycles. The summed E-state index contributed by atoms with van der Waals surface area (Å²) in [5.74, 6) is 0.384.